The Bertz CT molecular complexity index is 331. The maximum Gasteiger partial charge on any atom is 0.350 e. The predicted molar refractivity (Wildman–Crippen MR) is 56.4 cm³/mol. The maximum atomic E-state index is 11.5. The predicted octanol–water partition coefficient (Wildman–Crippen LogP) is 2.29. The van der Waals surface area contributed by atoms with Gasteiger partial charge < -0.3 is 10.5 Å². The number of hydrogen-bond acceptors (Lipinski definition) is 4. The molecule has 1 aliphatic carbocycles. The van der Waals surface area contributed by atoms with Crippen LogP contribution in [-0.2, 0) is 4.74 Å². The largest absolute Gasteiger partial charge is 0.461 e. The van der Waals surface area contributed by atoms with Gasteiger partial charge in [-0.25, -0.2) is 4.79 Å². The Hall–Kier alpha value is -1.03. The number of esters is 1. The van der Waals surface area contributed by atoms with Crippen molar-refractivity contribution in [2.75, 3.05) is 12.3 Å². The van der Waals surface area contributed by atoms with Gasteiger partial charge in [-0.2, -0.15) is 0 Å². The third-order valence-corrected chi connectivity index (χ3v) is 3.47. The molecule has 2 N–H and O–H groups in total. The molecule has 76 valence electrons. The number of rotatable bonds is 3. The van der Waals surface area contributed by atoms with Gasteiger partial charge in [0.05, 0.1) is 12.3 Å². The third kappa shape index (κ3) is 1.90. The van der Waals surface area contributed by atoms with E-state index in [4.69, 9.17) is 10.5 Å². The molecule has 4 heteroatoms. The molecule has 0 amide bonds. The van der Waals surface area contributed by atoms with Crippen LogP contribution in [0.1, 0.15) is 28.9 Å². The topological polar surface area (TPSA) is 52.3 Å². The van der Waals surface area contributed by atoms with E-state index in [1.165, 1.54) is 30.6 Å². The maximum absolute atomic E-state index is 11.5. The van der Waals surface area contributed by atoms with Crippen molar-refractivity contribution in [1.82, 2.24) is 0 Å². The Kier molecular flexibility index (Phi) is 2.72. The Balaban J connectivity index is 1.86. The Morgan fingerprint density at radius 1 is 1.64 bits per heavy atom. The molecule has 0 radical (unpaired) electrons. The summed E-state index contributed by atoms with van der Waals surface area (Å²) in [6, 6.07) is 1.73. The minimum atomic E-state index is -0.274. The van der Waals surface area contributed by atoms with Crippen LogP contribution in [0.25, 0.3) is 0 Å². The SMILES string of the molecule is Nc1ccsc1C(=O)OCC1CCC1. The monoisotopic (exact) mass is 211 g/mol. The van der Waals surface area contributed by atoms with E-state index in [9.17, 15) is 4.79 Å². The first-order chi connectivity index (χ1) is 6.77. The summed E-state index contributed by atoms with van der Waals surface area (Å²) in [6.07, 6.45) is 3.64. The van der Waals surface area contributed by atoms with Gasteiger partial charge in [0.15, 0.2) is 0 Å². The van der Waals surface area contributed by atoms with Gasteiger partial charge in [-0.15, -0.1) is 11.3 Å². The van der Waals surface area contributed by atoms with Gasteiger partial charge in [0.2, 0.25) is 0 Å². The van der Waals surface area contributed by atoms with Gasteiger partial charge in [-0.1, -0.05) is 6.42 Å². The Morgan fingerprint density at radius 2 is 2.43 bits per heavy atom. The zero-order valence-corrected chi connectivity index (χ0v) is 8.68. The molecule has 1 heterocycles. The first kappa shape index (κ1) is 9.52. The van der Waals surface area contributed by atoms with Crippen LogP contribution in [0.2, 0.25) is 0 Å². The van der Waals surface area contributed by atoms with Crippen molar-refractivity contribution in [3.8, 4) is 0 Å². The molecular weight excluding hydrogens is 198 g/mol. The summed E-state index contributed by atoms with van der Waals surface area (Å²) in [7, 11) is 0. The van der Waals surface area contributed by atoms with Gasteiger partial charge in [-0.3, -0.25) is 0 Å². The highest BCUT2D eigenvalue weighted by atomic mass is 32.1. The second-order valence-corrected chi connectivity index (χ2v) is 4.52. The molecule has 0 unspecified atom stereocenters. The summed E-state index contributed by atoms with van der Waals surface area (Å²) >= 11 is 1.34. The summed E-state index contributed by atoms with van der Waals surface area (Å²) < 4.78 is 5.16. The molecule has 0 saturated heterocycles. The number of anilines is 1. The van der Waals surface area contributed by atoms with Crippen molar-refractivity contribution < 1.29 is 9.53 Å². The molecule has 1 aromatic rings. The summed E-state index contributed by atoms with van der Waals surface area (Å²) in [5, 5.41) is 1.80. The molecule has 0 spiro atoms. The second-order valence-electron chi connectivity index (χ2n) is 3.60. The van der Waals surface area contributed by atoms with Gasteiger partial charge in [0, 0.05) is 0 Å². The van der Waals surface area contributed by atoms with Crippen LogP contribution in [0.5, 0.6) is 0 Å². The first-order valence-corrected chi connectivity index (χ1v) is 5.65. The Labute approximate surface area is 86.9 Å². The molecule has 0 bridgehead atoms. The number of carbonyl (C=O) groups is 1. The van der Waals surface area contributed by atoms with Crippen molar-refractivity contribution in [2.45, 2.75) is 19.3 Å². The van der Waals surface area contributed by atoms with Crippen molar-refractivity contribution >= 4 is 23.0 Å². The summed E-state index contributed by atoms with van der Waals surface area (Å²) in [6.45, 7) is 0.552. The van der Waals surface area contributed by atoms with Crippen molar-refractivity contribution in [3.63, 3.8) is 0 Å². The fraction of sp³-hybridized carbons (Fsp3) is 0.500. The van der Waals surface area contributed by atoms with Crippen LogP contribution >= 0.6 is 11.3 Å². The van der Waals surface area contributed by atoms with E-state index in [0.29, 0.717) is 23.1 Å². The standard InChI is InChI=1S/C10H13NO2S/c11-8-4-5-14-9(8)10(12)13-6-7-2-1-3-7/h4-5,7H,1-3,6,11H2. The van der Waals surface area contributed by atoms with E-state index in [2.05, 4.69) is 0 Å². The van der Waals surface area contributed by atoms with E-state index < -0.39 is 0 Å². The van der Waals surface area contributed by atoms with Crippen LogP contribution in [0.3, 0.4) is 0 Å². The molecule has 0 aromatic carbocycles. The lowest BCUT2D eigenvalue weighted by molar-refractivity contribution is 0.0378. The highest BCUT2D eigenvalue weighted by molar-refractivity contribution is 7.12. The molecule has 1 saturated carbocycles. The molecule has 1 fully saturated rings. The number of ether oxygens (including phenoxy) is 1. The molecule has 2 rings (SSSR count). The summed E-state index contributed by atoms with van der Waals surface area (Å²) in [5.41, 5.74) is 6.13. The summed E-state index contributed by atoms with van der Waals surface area (Å²) in [4.78, 5) is 12.0. The van der Waals surface area contributed by atoms with Gasteiger partial charge >= 0.3 is 5.97 Å². The van der Waals surface area contributed by atoms with Gasteiger partial charge in [-0.05, 0) is 30.2 Å². The van der Waals surface area contributed by atoms with Crippen molar-refractivity contribution in [2.24, 2.45) is 5.92 Å². The molecule has 0 aliphatic heterocycles. The third-order valence-electron chi connectivity index (χ3n) is 2.56. The normalized spacial score (nSPS) is 16.3. The van der Waals surface area contributed by atoms with E-state index in [0.717, 1.165) is 0 Å². The highest BCUT2D eigenvalue weighted by Crippen LogP contribution is 2.27. The highest BCUT2D eigenvalue weighted by Gasteiger charge is 2.20. The van der Waals surface area contributed by atoms with Crippen molar-refractivity contribution in [1.29, 1.82) is 0 Å². The van der Waals surface area contributed by atoms with Crippen LogP contribution in [0, 0.1) is 5.92 Å². The van der Waals surface area contributed by atoms with E-state index in [1.807, 2.05) is 0 Å². The van der Waals surface area contributed by atoms with Crippen molar-refractivity contribution in [3.05, 3.63) is 16.3 Å². The average Bonchev–Trinajstić information content (AvgIpc) is 2.48. The lowest BCUT2D eigenvalue weighted by Crippen LogP contribution is -2.20. The number of hydrogen-bond donors (Lipinski definition) is 1. The fourth-order valence-electron chi connectivity index (χ4n) is 1.40. The molecule has 0 atom stereocenters. The van der Waals surface area contributed by atoms with E-state index >= 15 is 0 Å². The molecule has 14 heavy (non-hydrogen) atoms. The van der Waals surface area contributed by atoms with Crippen LogP contribution < -0.4 is 5.73 Å². The Morgan fingerprint density at radius 3 is 2.93 bits per heavy atom. The number of carbonyl (C=O) groups excluding carboxylic acids is 1. The number of nitrogen functional groups attached to an aromatic ring is 1. The minimum Gasteiger partial charge on any atom is -0.461 e. The fourth-order valence-corrected chi connectivity index (χ4v) is 2.11. The molecular formula is C10H13NO2S. The van der Waals surface area contributed by atoms with E-state index in [1.54, 1.807) is 11.4 Å². The van der Waals surface area contributed by atoms with Crippen LogP contribution in [-0.4, -0.2) is 12.6 Å². The minimum absolute atomic E-state index is 0.274. The molecule has 1 aliphatic rings. The van der Waals surface area contributed by atoms with E-state index in [-0.39, 0.29) is 5.97 Å². The van der Waals surface area contributed by atoms with Crippen LogP contribution in [0.4, 0.5) is 5.69 Å². The van der Waals surface area contributed by atoms with Crippen LogP contribution in [0.15, 0.2) is 11.4 Å². The quantitative estimate of drug-likeness (QED) is 0.780. The smallest absolute Gasteiger partial charge is 0.350 e. The molecule has 3 nitrogen and oxygen atoms in total. The second kappa shape index (κ2) is 4.00. The molecule has 1 aromatic heterocycles. The lowest BCUT2D eigenvalue weighted by Gasteiger charge is -2.24. The average molecular weight is 211 g/mol. The van der Waals surface area contributed by atoms with Gasteiger partial charge in [0.1, 0.15) is 4.88 Å². The number of nitrogens with two attached hydrogens (primary N) is 1. The zero-order valence-electron chi connectivity index (χ0n) is 7.86. The first-order valence-electron chi connectivity index (χ1n) is 4.77. The zero-order chi connectivity index (χ0) is 9.97. The lowest BCUT2D eigenvalue weighted by atomic mass is 9.86. The number of thiophene rings is 1. The van der Waals surface area contributed by atoms with Gasteiger partial charge in [0.25, 0.3) is 0 Å². The summed E-state index contributed by atoms with van der Waals surface area (Å²) in [5.74, 6) is 0.310.